The summed E-state index contributed by atoms with van der Waals surface area (Å²) in [5.41, 5.74) is 6.60. The van der Waals surface area contributed by atoms with E-state index in [2.05, 4.69) is 4.90 Å². The molecule has 0 saturated carbocycles. The minimum atomic E-state index is -0.123. The third kappa shape index (κ3) is 2.13. The molecule has 78 valence electrons. The lowest BCUT2D eigenvalue weighted by Crippen LogP contribution is -2.26. The summed E-state index contributed by atoms with van der Waals surface area (Å²) in [5.74, 6) is -0.246. The van der Waals surface area contributed by atoms with E-state index < -0.39 is 0 Å². The van der Waals surface area contributed by atoms with Gasteiger partial charge in [-0.25, -0.2) is 0 Å². The molecule has 1 fully saturated rings. The zero-order valence-electron chi connectivity index (χ0n) is 8.76. The van der Waals surface area contributed by atoms with Crippen LogP contribution in [-0.4, -0.2) is 29.6 Å². The van der Waals surface area contributed by atoms with Gasteiger partial charge in [0, 0.05) is 18.8 Å². The van der Waals surface area contributed by atoms with Crippen molar-refractivity contribution >= 4 is 11.6 Å². The third-order valence-electron chi connectivity index (χ3n) is 2.56. The van der Waals surface area contributed by atoms with E-state index in [-0.39, 0.29) is 11.6 Å². The van der Waals surface area contributed by atoms with Crippen LogP contribution in [0.5, 0.6) is 0 Å². The molecule has 0 unspecified atom stereocenters. The highest BCUT2D eigenvalue weighted by Gasteiger charge is 2.18. The predicted molar refractivity (Wildman–Crippen MR) is 56.1 cm³/mol. The van der Waals surface area contributed by atoms with Crippen molar-refractivity contribution in [2.24, 2.45) is 5.73 Å². The van der Waals surface area contributed by atoms with Gasteiger partial charge in [-0.2, -0.15) is 0 Å². The van der Waals surface area contributed by atoms with Gasteiger partial charge in [0.25, 0.3) is 0 Å². The number of nitrogens with two attached hydrogens (primary N) is 1. The van der Waals surface area contributed by atoms with Crippen LogP contribution in [-0.2, 0) is 4.79 Å². The smallest absolute Gasteiger partial charge is 0.165 e. The molecule has 0 aliphatic carbocycles. The molecule has 0 atom stereocenters. The molecule has 14 heavy (non-hydrogen) atoms. The van der Waals surface area contributed by atoms with Crippen molar-refractivity contribution < 1.29 is 4.79 Å². The van der Waals surface area contributed by atoms with Crippen LogP contribution in [0.3, 0.4) is 0 Å². The number of amidine groups is 1. The minimum absolute atomic E-state index is 0.123. The summed E-state index contributed by atoms with van der Waals surface area (Å²) >= 11 is 0. The van der Waals surface area contributed by atoms with Crippen LogP contribution in [0.2, 0.25) is 0 Å². The normalized spacial score (nSPS) is 18.0. The number of carbonyl (C=O) groups is 1. The molecule has 1 saturated heterocycles. The maximum Gasteiger partial charge on any atom is 0.165 e. The van der Waals surface area contributed by atoms with Gasteiger partial charge in [-0.05, 0) is 26.7 Å². The first-order valence-corrected chi connectivity index (χ1v) is 4.85. The number of Topliss-reactive ketones (excluding diaryl/α,β-unsaturated/α-hetero) is 1. The van der Waals surface area contributed by atoms with Crippen LogP contribution in [0.4, 0.5) is 0 Å². The average Bonchev–Trinajstić information content (AvgIpc) is 2.53. The van der Waals surface area contributed by atoms with Crippen molar-refractivity contribution in [3.63, 3.8) is 0 Å². The predicted octanol–water partition coefficient (Wildman–Crippen LogP) is 0.881. The average molecular weight is 195 g/mol. The van der Waals surface area contributed by atoms with Gasteiger partial charge in [-0.15, -0.1) is 0 Å². The number of ketones is 1. The number of likely N-dealkylation sites (tertiary alicyclic amines) is 1. The monoisotopic (exact) mass is 195 g/mol. The van der Waals surface area contributed by atoms with Gasteiger partial charge in [0.05, 0.1) is 5.57 Å². The van der Waals surface area contributed by atoms with Crippen LogP contribution in [0.25, 0.3) is 0 Å². The van der Waals surface area contributed by atoms with Crippen LogP contribution in [0.1, 0.15) is 26.7 Å². The van der Waals surface area contributed by atoms with Crippen molar-refractivity contribution in [3.05, 3.63) is 11.3 Å². The fourth-order valence-corrected chi connectivity index (χ4v) is 1.85. The van der Waals surface area contributed by atoms with Gasteiger partial charge in [0.1, 0.15) is 5.84 Å². The molecule has 1 aliphatic rings. The lowest BCUT2D eigenvalue weighted by atomic mass is 10.1. The highest BCUT2D eigenvalue weighted by Crippen LogP contribution is 2.17. The summed E-state index contributed by atoms with van der Waals surface area (Å²) in [5, 5.41) is 7.35. The summed E-state index contributed by atoms with van der Waals surface area (Å²) < 4.78 is 0. The number of carbonyl (C=O) groups excluding carboxylic acids is 1. The van der Waals surface area contributed by atoms with Gasteiger partial charge in [-0.1, -0.05) is 0 Å². The Balaban J connectivity index is 2.96. The molecule has 0 amide bonds. The van der Waals surface area contributed by atoms with E-state index in [1.165, 1.54) is 6.92 Å². The van der Waals surface area contributed by atoms with Crippen LogP contribution in [0.15, 0.2) is 11.3 Å². The van der Waals surface area contributed by atoms with Crippen LogP contribution < -0.4 is 5.73 Å². The number of hydrogen-bond acceptors (Lipinski definition) is 3. The van der Waals surface area contributed by atoms with E-state index >= 15 is 0 Å². The first kappa shape index (κ1) is 10.8. The Labute approximate surface area is 84.3 Å². The number of nitrogens with zero attached hydrogens (tertiary/aromatic N) is 1. The van der Waals surface area contributed by atoms with E-state index in [1.54, 1.807) is 0 Å². The number of rotatable bonds is 3. The second-order valence-electron chi connectivity index (χ2n) is 3.62. The first-order chi connectivity index (χ1) is 6.54. The number of allylic oxidation sites excluding steroid dienone is 1. The Bertz CT molecular complexity index is 272. The summed E-state index contributed by atoms with van der Waals surface area (Å²) in [6.45, 7) is 5.26. The van der Waals surface area contributed by atoms with E-state index in [0.717, 1.165) is 31.6 Å². The van der Waals surface area contributed by atoms with Gasteiger partial charge in [0.15, 0.2) is 5.78 Å². The summed E-state index contributed by atoms with van der Waals surface area (Å²) in [4.78, 5) is 13.4. The van der Waals surface area contributed by atoms with Crippen molar-refractivity contribution in [2.45, 2.75) is 26.7 Å². The van der Waals surface area contributed by atoms with E-state index in [4.69, 9.17) is 11.1 Å². The Kier molecular flexibility index (Phi) is 3.28. The summed E-state index contributed by atoms with van der Waals surface area (Å²) in [7, 11) is 0. The summed E-state index contributed by atoms with van der Waals surface area (Å²) in [6, 6.07) is 0. The lowest BCUT2D eigenvalue weighted by Gasteiger charge is -2.20. The zero-order chi connectivity index (χ0) is 10.7. The van der Waals surface area contributed by atoms with Gasteiger partial charge >= 0.3 is 0 Å². The van der Waals surface area contributed by atoms with Crippen molar-refractivity contribution in [1.29, 1.82) is 5.41 Å². The highest BCUT2D eigenvalue weighted by atomic mass is 16.1. The molecule has 0 aromatic heterocycles. The number of hydrogen-bond donors (Lipinski definition) is 2. The topological polar surface area (TPSA) is 70.2 Å². The van der Waals surface area contributed by atoms with Crippen LogP contribution >= 0.6 is 0 Å². The molecule has 4 nitrogen and oxygen atoms in total. The molecule has 0 bridgehead atoms. The fourth-order valence-electron chi connectivity index (χ4n) is 1.85. The van der Waals surface area contributed by atoms with Gasteiger partial charge in [-0.3, -0.25) is 10.2 Å². The SMILES string of the molecule is CC(=O)/C(C(=N)N)=C(/C)N1CCCC1. The Hall–Kier alpha value is -1.32. The van der Waals surface area contributed by atoms with Crippen molar-refractivity contribution in [1.82, 2.24) is 4.90 Å². The van der Waals surface area contributed by atoms with E-state index in [9.17, 15) is 4.79 Å². The standard InChI is InChI=1S/C10H17N3O/c1-7(13-5-3-4-6-13)9(8(2)14)10(11)12/h3-6H2,1-2H3,(H3,11,12)/b9-7+. The molecule has 1 heterocycles. The molecular formula is C10H17N3O. The lowest BCUT2D eigenvalue weighted by molar-refractivity contribution is -0.113. The molecule has 0 aromatic rings. The molecule has 0 spiro atoms. The molecule has 0 radical (unpaired) electrons. The molecule has 1 rings (SSSR count). The largest absolute Gasteiger partial charge is 0.384 e. The first-order valence-electron chi connectivity index (χ1n) is 4.85. The zero-order valence-corrected chi connectivity index (χ0v) is 8.76. The van der Waals surface area contributed by atoms with E-state index in [1.807, 2.05) is 6.92 Å². The third-order valence-corrected chi connectivity index (χ3v) is 2.56. The van der Waals surface area contributed by atoms with E-state index in [0.29, 0.717) is 5.57 Å². The summed E-state index contributed by atoms with van der Waals surface area (Å²) in [6.07, 6.45) is 2.31. The molecule has 4 heteroatoms. The maximum absolute atomic E-state index is 11.3. The van der Waals surface area contributed by atoms with Gasteiger partial charge < -0.3 is 10.6 Å². The molecule has 3 N–H and O–H groups in total. The highest BCUT2D eigenvalue weighted by molar-refractivity contribution is 6.19. The molecule has 0 aromatic carbocycles. The number of nitrogens with one attached hydrogen (secondary N) is 1. The maximum atomic E-state index is 11.3. The Morgan fingerprint density at radius 3 is 2.14 bits per heavy atom. The van der Waals surface area contributed by atoms with Gasteiger partial charge in [0.2, 0.25) is 0 Å². The Morgan fingerprint density at radius 1 is 1.29 bits per heavy atom. The molecule has 1 aliphatic heterocycles. The van der Waals surface area contributed by atoms with Crippen molar-refractivity contribution in [2.75, 3.05) is 13.1 Å². The fraction of sp³-hybridized carbons (Fsp3) is 0.600. The second kappa shape index (κ2) is 4.26. The van der Waals surface area contributed by atoms with Crippen molar-refractivity contribution in [3.8, 4) is 0 Å². The van der Waals surface area contributed by atoms with Crippen LogP contribution in [0, 0.1) is 5.41 Å². The Morgan fingerprint density at radius 2 is 1.79 bits per heavy atom. The quantitative estimate of drug-likeness (QED) is 0.399. The minimum Gasteiger partial charge on any atom is -0.384 e. The molecular weight excluding hydrogens is 178 g/mol. The second-order valence-corrected chi connectivity index (χ2v) is 3.62.